The Hall–Kier alpha value is -2.45. The Labute approximate surface area is 211 Å². The minimum Gasteiger partial charge on any atom is -0.481 e. The van der Waals surface area contributed by atoms with Crippen LogP contribution in [0, 0.1) is 19.8 Å². The largest absolute Gasteiger partial charge is 0.481 e. The van der Waals surface area contributed by atoms with E-state index in [9.17, 15) is 18.0 Å². The maximum absolute atomic E-state index is 13.4. The van der Waals surface area contributed by atoms with Crippen molar-refractivity contribution in [2.45, 2.75) is 45.7 Å². The van der Waals surface area contributed by atoms with Crippen LogP contribution in [0.1, 0.15) is 47.3 Å². The standard InChI is InChI=1S/C25H26Cl2F3N3O2/c1-13-8-16(25(28,29)30)10-20-18(13)11-17(32(20)3)12-19-22(26)14(2)31-24(23(19)27)33-6-4-15(5-7-33)9-21(34)35/h8,10-11,15H,4-7,9,12H2,1-3H3,(H,34,35). The summed E-state index contributed by atoms with van der Waals surface area (Å²) in [7, 11) is 1.74. The maximum Gasteiger partial charge on any atom is 0.416 e. The van der Waals surface area contributed by atoms with E-state index in [1.54, 1.807) is 25.5 Å². The van der Waals surface area contributed by atoms with Gasteiger partial charge in [-0.3, -0.25) is 4.79 Å². The molecule has 5 nitrogen and oxygen atoms in total. The Morgan fingerprint density at radius 3 is 2.40 bits per heavy atom. The smallest absolute Gasteiger partial charge is 0.416 e. The van der Waals surface area contributed by atoms with Gasteiger partial charge in [0.1, 0.15) is 5.82 Å². The first kappa shape index (κ1) is 25.6. The number of aliphatic carboxylic acids is 1. The number of rotatable bonds is 5. The fraction of sp³-hybridized carbons (Fsp3) is 0.440. The molecule has 0 amide bonds. The lowest BCUT2D eigenvalue weighted by Crippen LogP contribution is -2.35. The number of carbonyl (C=O) groups is 1. The molecular weight excluding hydrogens is 502 g/mol. The topological polar surface area (TPSA) is 58.4 Å². The molecule has 4 rings (SSSR count). The molecule has 3 aromatic rings. The predicted molar refractivity (Wildman–Crippen MR) is 132 cm³/mol. The van der Waals surface area contributed by atoms with Gasteiger partial charge < -0.3 is 14.6 Å². The number of fused-ring (bicyclic) bond motifs is 1. The van der Waals surface area contributed by atoms with Gasteiger partial charge in [0.25, 0.3) is 0 Å². The van der Waals surface area contributed by atoms with Gasteiger partial charge in [0.05, 0.1) is 21.3 Å². The first-order valence-electron chi connectivity index (χ1n) is 11.3. The number of pyridine rings is 1. The monoisotopic (exact) mass is 527 g/mol. The number of hydrogen-bond donors (Lipinski definition) is 1. The van der Waals surface area contributed by atoms with E-state index in [4.69, 9.17) is 28.3 Å². The van der Waals surface area contributed by atoms with Crippen LogP contribution in [-0.2, 0) is 24.4 Å². The van der Waals surface area contributed by atoms with Crippen molar-refractivity contribution in [3.05, 3.63) is 56.3 Å². The van der Waals surface area contributed by atoms with E-state index in [-0.39, 0.29) is 12.3 Å². The average molecular weight is 528 g/mol. The lowest BCUT2D eigenvalue weighted by Gasteiger charge is -2.33. The number of benzene rings is 1. The molecule has 188 valence electrons. The number of alkyl halides is 3. The van der Waals surface area contributed by atoms with E-state index in [0.29, 0.717) is 57.7 Å². The van der Waals surface area contributed by atoms with Gasteiger partial charge >= 0.3 is 12.1 Å². The van der Waals surface area contributed by atoms with E-state index in [1.165, 1.54) is 6.07 Å². The molecule has 1 aliphatic rings. The van der Waals surface area contributed by atoms with E-state index < -0.39 is 17.7 Å². The molecule has 0 spiro atoms. The van der Waals surface area contributed by atoms with E-state index in [0.717, 1.165) is 30.0 Å². The zero-order valence-electron chi connectivity index (χ0n) is 19.6. The quantitative estimate of drug-likeness (QED) is 0.396. The highest BCUT2D eigenvalue weighted by molar-refractivity contribution is 6.37. The van der Waals surface area contributed by atoms with Gasteiger partial charge in [0, 0.05) is 55.1 Å². The predicted octanol–water partition coefficient (Wildman–Crippen LogP) is 6.80. The van der Waals surface area contributed by atoms with Gasteiger partial charge in [0.15, 0.2) is 0 Å². The van der Waals surface area contributed by atoms with Crippen LogP contribution in [0.15, 0.2) is 18.2 Å². The van der Waals surface area contributed by atoms with Gasteiger partial charge in [-0.25, -0.2) is 4.98 Å². The molecule has 10 heteroatoms. The van der Waals surface area contributed by atoms with Crippen LogP contribution < -0.4 is 4.90 Å². The highest BCUT2D eigenvalue weighted by Gasteiger charge is 2.32. The molecule has 0 unspecified atom stereocenters. The second-order valence-electron chi connectivity index (χ2n) is 9.25. The summed E-state index contributed by atoms with van der Waals surface area (Å²) in [6.07, 6.45) is -2.49. The maximum atomic E-state index is 13.4. The Morgan fingerprint density at radius 2 is 1.80 bits per heavy atom. The summed E-state index contributed by atoms with van der Waals surface area (Å²) in [4.78, 5) is 17.7. The summed E-state index contributed by atoms with van der Waals surface area (Å²) in [5.74, 6) is -0.0700. The summed E-state index contributed by atoms with van der Waals surface area (Å²) < 4.78 is 41.8. The number of aromatic nitrogens is 2. The molecule has 0 atom stereocenters. The molecule has 0 saturated carbocycles. The van der Waals surface area contributed by atoms with Gasteiger partial charge in [-0.15, -0.1) is 0 Å². The van der Waals surface area contributed by atoms with Crippen LogP contribution in [0.5, 0.6) is 0 Å². The highest BCUT2D eigenvalue weighted by Crippen LogP contribution is 2.39. The molecule has 1 N–H and O–H groups in total. The van der Waals surface area contributed by atoms with Crippen LogP contribution in [0.4, 0.5) is 19.0 Å². The van der Waals surface area contributed by atoms with Crippen molar-refractivity contribution in [3.8, 4) is 0 Å². The van der Waals surface area contributed by atoms with E-state index in [1.807, 2.05) is 6.07 Å². The molecule has 1 fully saturated rings. The third-order valence-electron chi connectivity index (χ3n) is 6.85. The molecule has 1 aromatic carbocycles. The Morgan fingerprint density at radius 1 is 1.14 bits per heavy atom. The number of aryl methyl sites for hydroxylation is 3. The van der Waals surface area contributed by atoms with Crippen molar-refractivity contribution in [1.82, 2.24) is 9.55 Å². The van der Waals surface area contributed by atoms with Crippen LogP contribution in [0.2, 0.25) is 10.0 Å². The lowest BCUT2D eigenvalue weighted by molar-refractivity contribution is -0.138. The van der Waals surface area contributed by atoms with Gasteiger partial charge in [-0.2, -0.15) is 13.2 Å². The molecule has 1 aliphatic heterocycles. The van der Waals surface area contributed by atoms with Crippen molar-refractivity contribution >= 4 is 45.9 Å². The van der Waals surface area contributed by atoms with E-state index >= 15 is 0 Å². The van der Waals surface area contributed by atoms with Crippen molar-refractivity contribution in [2.75, 3.05) is 18.0 Å². The number of piperidine rings is 1. The first-order chi connectivity index (χ1) is 16.4. The summed E-state index contributed by atoms with van der Waals surface area (Å²) in [5.41, 5.74) is 2.42. The van der Waals surface area contributed by atoms with Gasteiger partial charge in [0.2, 0.25) is 0 Å². The van der Waals surface area contributed by atoms with Crippen LogP contribution in [0.25, 0.3) is 10.9 Å². The molecule has 0 bridgehead atoms. The number of hydrogen-bond acceptors (Lipinski definition) is 3. The number of nitrogens with zero attached hydrogens (tertiary/aromatic N) is 3. The molecule has 0 radical (unpaired) electrons. The van der Waals surface area contributed by atoms with Gasteiger partial charge in [-0.1, -0.05) is 23.2 Å². The number of halogens is 5. The third-order valence-corrected chi connectivity index (χ3v) is 7.75. The number of anilines is 1. The van der Waals surface area contributed by atoms with Crippen molar-refractivity contribution in [3.63, 3.8) is 0 Å². The molecule has 2 aromatic heterocycles. The molecule has 35 heavy (non-hydrogen) atoms. The van der Waals surface area contributed by atoms with Crippen molar-refractivity contribution in [2.24, 2.45) is 13.0 Å². The van der Waals surface area contributed by atoms with Gasteiger partial charge in [-0.05, 0) is 56.4 Å². The molecule has 1 saturated heterocycles. The highest BCUT2D eigenvalue weighted by atomic mass is 35.5. The lowest BCUT2D eigenvalue weighted by atomic mass is 9.93. The second kappa shape index (κ2) is 9.54. The normalized spacial score (nSPS) is 15.3. The summed E-state index contributed by atoms with van der Waals surface area (Å²) in [6.45, 7) is 4.74. The summed E-state index contributed by atoms with van der Waals surface area (Å²) in [5, 5.41) is 10.6. The minimum atomic E-state index is -4.43. The average Bonchev–Trinajstić information content (AvgIpc) is 3.09. The fourth-order valence-electron chi connectivity index (χ4n) is 4.84. The van der Waals surface area contributed by atoms with Crippen LogP contribution in [-0.4, -0.2) is 33.7 Å². The molecule has 3 heterocycles. The molecular formula is C25H26Cl2F3N3O2. The zero-order valence-corrected chi connectivity index (χ0v) is 21.2. The Balaban J connectivity index is 1.69. The molecule has 0 aliphatic carbocycles. The van der Waals surface area contributed by atoms with E-state index in [2.05, 4.69) is 9.88 Å². The van der Waals surface area contributed by atoms with Crippen molar-refractivity contribution in [1.29, 1.82) is 0 Å². The second-order valence-corrected chi connectivity index (χ2v) is 10.0. The number of carboxylic acid groups (broad SMARTS) is 1. The first-order valence-corrected chi connectivity index (χ1v) is 12.1. The Bertz CT molecular complexity index is 1300. The fourth-order valence-corrected chi connectivity index (χ4v) is 5.42. The van der Waals surface area contributed by atoms with Crippen LogP contribution in [0.3, 0.4) is 0 Å². The SMILES string of the molecule is Cc1nc(N2CCC(CC(=O)O)CC2)c(Cl)c(Cc2cc3c(C)cc(C(F)(F)F)cc3n2C)c1Cl. The Kier molecular flexibility index (Phi) is 6.99. The van der Waals surface area contributed by atoms with Crippen LogP contribution >= 0.6 is 23.2 Å². The minimum absolute atomic E-state index is 0.121. The number of carboxylic acids is 1. The van der Waals surface area contributed by atoms with Crippen molar-refractivity contribution < 1.29 is 23.1 Å². The summed E-state index contributed by atoms with van der Waals surface area (Å²) >= 11 is 13.4. The third kappa shape index (κ3) is 5.09. The summed E-state index contributed by atoms with van der Waals surface area (Å²) in [6, 6.07) is 4.21. The zero-order chi connectivity index (χ0) is 25.7.